The van der Waals surface area contributed by atoms with Crippen LogP contribution in [0.3, 0.4) is 0 Å². The number of carbonyl (C=O) groups excluding carboxylic acids is 1. The van der Waals surface area contributed by atoms with E-state index in [9.17, 15) is 18.0 Å². The van der Waals surface area contributed by atoms with Crippen LogP contribution in [-0.2, 0) is 7.05 Å². The molecule has 3 N–H and O–H groups in total. The molecule has 0 radical (unpaired) electrons. The van der Waals surface area contributed by atoms with Gasteiger partial charge < -0.3 is 19.8 Å². The third-order valence-corrected chi connectivity index (χ3v) is 6.76. The van der Waals surface area contributed by atoms with Gasteiger partial charge in [-0.15, -0.1) is 13.2 Å². The molecular formula is C27H24F3N7O3. The predicted molar refractivity (Wildman–Crippen MR) is 139 cm³/mol. The number of amides is 1. The quantitative estimate of drug-likeness (QED) is 0.277. The Balaban J connectivity index is 1.52. The van der Waals surface area contributed by atoms with Gasteiger partial charge in [0.2, 0.25) is 11.8 Å². The number of carbonyl (C=O) groups is 1. The molecule has 1 aliphatic carbocycles. The largest absolute Gasteiger partial charge is 0.573 e. The number of H-pyrrole nitrogens is 1. The number of ether oxygens (including phenoxy) is 2. The molecule has 0 unspecified atom stereocenters. The van der Waals surface area contributed by atoms with Gasteiger partial charge >= 0.3 is 6.36 Å². The summed E-state index contributed by atoms with van der Waals surface area (Å²) in [6.07, 6.45) is 0.346. The summed E-state index contributed by atoms with van der Waals surface area (Å²) in [5.41, 5.74) is 8.93. The van der Waals surface area contributed by atoms with Crippen molar-refractivity contribution in [2.75, 3.05) is 6.61 Å². The van der Waals surface area contributed by atoms with Gasteiger partial charge in [-0.3, -0.25) is 4.79 Å². The number of aromatic amines is 1. The minimum atomic E-state index is -4.98. The van der Waals surface area contributed by atoms with E-state index in [0.717, 1.165) is 35.6 Å². The molecule has 5 aromatic rings. The zero-order valence-electron chi connectivity index (χ0n) is 21.5. The molecule has 0 spiro atoms. The summed E-state index contributed by atoms with van der Waals surface area (Å²) >= 11 is 0. The Morgan fingerprint density at radius 1 is 1.20 bits per heavy atom. The molecule has 0 atom stereocenters. The van der Waals surface area contributed by atoms with Crippen molar-refractivity contribution in [2.45, 2.75) is 32.0 Å². The number of hydrogen-bond acceptors (Lipinski definition) is 6. The molecule has 0 saturated heterocycles. The summed E-state index contributed by atoms with van der Waals surface area (Å²) in [6.45, 7) is 2.32. The number of nitrogens with zero attached hydrogens (tertiary/aromatic N) is 5. The topological polar surface area (TPSA) is 126 Å². The number of nitrogens with one attached hydrogen (secondary N) is 1. The zero-order valence-corrected chi connectivity index (χ0v) is 21.5. The van der Waals surface area contributed by atoms with E-state index >= 15 is 0 Å². The maximum Gasteiger partial charge on any atom is 0.573 e. The predicted octanol–water partition coefficient (Wildman–Crippen LogP) is 5.09. The number of alkyl halides is 3. The van der Waals surface area contributed by atoms with Crippen LogP contribution in [0, 0.1) is 0 Å². The highest BCUT2D eigenvalue weighted by Crippen LogP contribution is 2.47. The fourth-order valence-electron chi connectivity index (χ4n) is 4.90. The van der Waals surface area contributed by atoms with Crippen LogP contribution in [0.25, 0.3) is 39.2 Å². The first kappa shape index (κ1) is 25.5. The van der Waals surface area contributed by atoms with Crippen LogP contribution in [0.4, 0.5) is 13.2 Å². The number of nitrogens with two attached hydrogens (primary N) is 1. The number of imidazole rings is 1. The number of hydrogen-bond donors (Lipinski definition) is 2. The lowest BCUT2D eigenvalue weighted by Crippen LogP contribution is -2.19. The van der Waals surface area contributed by atoms with Crippen molar-refractivity contribution in [3.05, 3.63) is 60.0 Å². The molecule has 1 amide bonds. The van der Waals surface area contributed by atoms with E-state index in [2.05, 4.69) is 14.9 Å². The number of fused-ring (bicyclic) bond motifs is 1. The van der Waals surface area contributed by atoms with E-state index in [-0.39, 0.29) is 22.9 Å². The normalized spacial score (nSPS) is 13.6. The van der Waals surface area contributed by atoms with E-state index in [0.29, 0.717) is 29.4 Å². The van der Waals surface area contributed by atoms with Gasteiger partial charge in [-0.05, 0) is 44.0 Å². The van der Waals surface area contributed by atoms with Crippen molar-refractivity contribution in [3.8, 4) is 40.0 Å². The highest BCUT2D eigenvalue weighted by Gasteiger charge is 2.36. The lowest BCUT2D eigenvalue weighted by Gasteiger charge is -2.14. The van der Waals surface area contributed by atoms with Crippen LogP contribution < -0.4 is 15.2 Å². The summed E-state index contributed by atoms with van der Waals surface area (Å²) in [7, 11) is 1.77. The molecule has 13 heteroatoms. The molecule has 6 rings (SSSR count). The molecule has 40 heavy (non-hydrogen) atoms. The van der Waals surface area contributed by atoms with E-state index < -0.39 is 18.0 Å². The average Bonchev–Trinajstić information content (AvgIpc) is 3.30. The minimum Gasteiger partial charge on any atom is -0.477 e. The molecule has 1 fully saturated rings. The summed E-state index contributed by atoms with van der Waals surface area (Å²) < 4.78 is 53.4. The lowest BCUT2D eigenvalue weighted by molar-refractivity contribution is -0.274. The minimum absolute atomic E-state index is 0.0839. The number of rotatable bonds is 8. The Morgan fingerprint density at radius 2 is 2.00 bits per heavy atom. The van der Waals surface area contributed by atoms with E-state index in [1.807, 2.05) is 31.3 Å². The first-order valence-corrected chi connectivity index (χ1v) is 12.6. The molecule has 0 aliphatic heterocycles. The third kappa shape index (κ3) is 4.52. The fourth-order valence-corrected chi connectivity index (χ4v) is 4.90. The summed E-state index contributed by atoms with van der Waals surface area (Å²) in [6, 6.07) is 9.36. The molecule has 206 valence electrons. The fraction of sp³-hybridized carbons (Fsp3) is 0.259. The molecule has 3 heterocycles. The first-order chi connectivity index (χ1) is 19.1. The second-order valence-electron chi connectivity index (χ2n) is 9.45. The Hall–Kier alpha value is -4.81. The van der Waals surface area contributed by atoms with Crippen molar-refractivity contribution >= 4 is 16.8 Å². The molecule has 0 bridgehead atoms. The average molecular weight is 552 g/mol. The highest BCUT2D eigenvalue weighted by atomic mass is 19.4. The summed E-state index contributed by atoms with van der Waals surface area (Å²) in [5, 5.41) is 12.4. The Labute approximate surface area is 225 Å². The van der Waals surface area contributed by atoms with Crippen molar-refractivity contribution in [3.63, 3.8) is 0 Å². The Bertz CT molecular complexity index is 1750. The summed E-state index contributed by atoms with van der Waals surface area (Å²) in [5.74, 6) is -0.481. The molecule has 2 aromatic carbocycles. The summed E-state index contributed by atoms with van der Waals surface area (Å²) in [4.78, 5) is 16.6. The highest BCUT2D eigenvalue weighted by molar-refractivity contribution is 5.96. The van der Waals surface area contributed by atoms with Crippen molar-refractivity contribution in [2.24, 2.45) is 12.8 Å². The second-order valence-corrected chi connectivity index (χ2v) is 9.45. The first-order valence-electron chi connectivity index (χ1n) is 12.6. The second kappa shape index (κ2) is 9.43. The van der Waals surface area contributed by atoms with Gasteiger partial charge in [-0.2, -0.15) is 10.2 Å². The number of primary amides is 1. The van der Waals surface area contributed by atoms with Crippen molar-refractivity contribution in [1.82, 2.24) is 29.5 Å². The van der Waals surface area contributed by atoms with E-state index in [1.165, 1.54) is 12.1 Å². The molecule has 1 saturated carbocycles. The number of benzene rings is 2. The van der Waals surface area contributed by atoms with E-state index in [4.69, 9.17) is 20.6 Å². The van der Waals surface area contributed by atoms with Gasteiger partial charge in [0, 0.05) is 41.4 Å². The Kier molecular flexibility index (Phi) is 6.01. The van der Waals surface area contributed by atoms with Crippen LogP contribution in [0.1, 0.15) is 41.7 Å². The van der Waals surface area contributed by atoms with Crippen LogP contribution >= 0.6 is 0 Å². The SMILES string of the molecule is CCOc1[nH]ncc1-n1cc2c(-c3nc(-c4ccc(C(N)=O)cc4OC(F)(F)F)n(C)c3C3CC3)cccc2n1. The van der Waals surface area contributed by atoms with Crippen LogP contribution in [0.2, 0.25) is 0 Å². The van der Waals surface area contributed by atoms with E-state index in [1.54, 1.807) is 22.5 Å². The molecular weight excluding hydrogens is 527 g/mol. The Morgan fingerprint density at radius 3 is 2.70 bits per heavy atom. The third-order valence-electron chi connectivity index (χ3n) is 6.76. The van der Waals surface area contributed by atoms with Gasteiger partial charge in [-0.1, -0.05) is 12.1 Å². The maximum absolute atomic E-state index is 13.3. The van der Waals surface area contributed by atoms with Gasteiger partial charge in [-0.25, -0.2) is 14.8 Å². The monoisotopic (exact) mass is 551 g/mol. The van der Waals surface area contributed by atoms with Gasteiger partial charge in [0.15, 0.2) is 0 Å². The number of halogens is 3. The molecule has 1 aliphatic rings. The maximum atomic E-state index is 13.3. The standard InChI is InChI=1S/C27H24F3N7O3/c1-3-39-26-20(12-32-34-26)37-13-18-16(5-4-6-19(18)35-37)22-23(14-7-8-14)36(2)25(33-22)17-10-9-15(24(31)38)11-21(17)40-27(28,29)30/h4-6,9-14H,3,7-8H2,1-2H3,(H2,31,38)(H,32,34). The van der Waals surface area contributed by atoms with Crippen LogP contribution in [-0.4, -0.2) is 48.4 Å². The van der Waals surface area contributed by atoms with Crippen LogP contribution in [0.15, 0.2) is 48.8 Å². The number of aromatic nitrogens is 6. The van der Waals surface area contributed by atoms with Gasteiger partial charge in [0.25, 0.3) is 0 Å². The van der Waals surface area contributed by atoms with Gasteiger partial charge in [0.05, 0.1) is 29.6 Å². The van der Waals surface area contributed by atoms with Gasteiger partial charge in [0.1, 0.15) is 17.3 Å². The molecule has 10 nitrogen and oxygen atoms in total. The smallest absolute Gasteiger partial charge is 0.477 e. The molecule has 3 aromatic heterocycles. The van der Waals surface area contributed by atoms with Crippen molar-refractivity contribution < 1.29 is 27.4 Å². The zero-order chi connectivity index (χ0) is 28.2. The van der Waals surface area contributed by atoms with Crippen LogP contribution in [0.5, 0.6) is 11.6 Å². The lowest BCUT2D eigenvalue weighted by atomic mass is 10.0. The van der Waals surface area contributed by atoms with Crippen molar-refractivity contribution in [1.29, 1.82) is 0 Å².